The van der Waals surface area contributed by atoms with Gasteiger partial charge in [-0.1, -0.05) is 24.6 Å². The third-order valence-electron chi connectivity index (χ3n) is 8.68. The zero-order chi connectivity index (χ0) is 31.0. The summed E-state index contributed by atoms with van der Waals surface area (Å²) in [5, 5.41) is 13.2. The van der Waals surface area contributed by atoms with Crippen molar-refractivity contribution in [3.8, 4) is 11.5 Å². The van der Waals surface area contributed by atoms with Gasteiger partial charge in [0.2, 0.25) is 5.91 Å². The minimum atomic E-state index is -0.944. The van der Waals surface area contributed by atoms with Crippen LogP contribution in [0.3, 0.4) is 0 Å². The number of epoxide rings is 1. The van der Waals surface area contributed by atoms with E-state index in [1.807, 2.05) is 4.90 Å². The van der Waals surface area contributed by atoms with Crippen LogP contribution in [0.5, 0.6) is 11.5 Å². The van der Waals surface area contributed by atoms with Gasteiger partial charge >= 0.3 is 0 Å². The van der Waals surface area contributed by atoms with Crippen LogP contribution in [-0.2, 0) is 35.1 Å². The molecule has 2 saturated heterocycles. The van der Waals surface area contributed by atoms with E-state index in [4.69, 9.17) is 14.2 Å². The summed E-state index contributed by atoms with van der Waals surface area (Å²) < 4.78 is 15.9. The molecule has 10 nitrogen and oxygen atoms in total. The van der Waals surface area contributed by atoms with Gasteiger partial charge in [-0.25, -0.2) is 0 Å². The van der Waals surface area contributed by atoms with Crippen LogP contribution in [0.1, 0.15) is 64.4 Å². The summed E-state index contributed by atoms with van der Waals surface area (Å²) in [5.41, 5.74) is 0.953. The number of aromatic hydroxyl groups is 1. The van der Waals surface area contributed by atoms with Crippen LogP contribution in [0, 0.1) is 11.8 Å². The molecule has 10 heteroatoms. The Bertz CT molecular complexity index is 1200. The minimum absolute atomic E-state index is 0.0352. The predicted molar refractivity (Wildman–Crippen MR) is 160 cm³/mol. The highest BCUT2D eigenvalue weighted by atomic mass is 16.6. The molecule has 0 saturated carbocycles. The van der Waals surface area contributed by atoms with Crippen molar-refractivity contribution in [2.24, 2.45) is 11.8 Å². The van der Waals surface area contributed by atoms with Gasteiger partial charge in [-0.05, 0) is 63.1 Å². The third kappa shape index (κ3) is 9.45. The molecule has 1 aliphatic carbocycles. The van der Waals surface area contributed by atoms with Crippen LogP contribution in [-0.4, -0.2) is 91.5 Å². The molecule has 236 valence electrons. The van der Waals surface area contributed by atoms with Crippen LogP contribution >= 0.6 is 0 Å². The Morgan fingerprint density at radius 3 is 2.49 bits per heavy atom. The molecule has 4 rings (SSSR count). The number of allylic oxidation sites excluding steroid dienone is 2. The maximum absolute atomic E-state index is 13.9. The van der Waals surface area contributed by atoms with Gasteiger partial charge in [0.15, 0.2) is 23.1 Å². The lowest BCUT2D eigenvalue weighted by molar-refractivity contribution is -0.134. The van der Waals surface area contributed by atoms with Crippen molar-refractivity contribution in [1.82, 2.24) is 10.2 Å². The summed E-state index contributed by atoms with van der Waals surface area (Å²) >= 11 is 0. The Morgan fingerprint density at radius 2 is 1.86 bits per heavy atom. The van der Waals surface area contributed by atoms with Gasteiger partial charge in [-0.3, -0.25) is 24.1 Å². The van der Waals surface area contributed by atoms with E-state index in [1.165, 1.54) is 18.7 Å². The monoisotopic (exact) mass is 598 g/mol. The Balaban J connectivity index is 1.47. The lowest BCUT2D eigenvalue weighted by atomic mass is 9.81. The van der Waals surface area contributed by atoms with E-state index in [0.29, 0.717) is 50.6 Å². The SMILES string of the molecule is COc1ccc(CC(NC(=O)C(C)CC(=O)CN2CCOCC2)C(=O)CC(CC2=CCCCC2)C(=O)C2(C)CO2)cc1O. The van der Waals surface area contributed by atoms with Gasteiger partial charge in [0, 0.05) is 37.8 Å². The first-order valence-electron chi connectivity index (χ1n) is 15.4. The molecule has 4 unspecified atom stereocenters. The summed E-state index contributed by atoms with van der Waals surface area (Å²) in [7, 11) is 1.45. The average Bonchev–Trinajstić information content (AvgIpc) is 3.75. The van der Waals surface area contributed by atoms with E-state index < -0.39 is 29.4 Å². The molecule has 2 aliphatic heterocycles. The molecule has 0 spiro atoms. The molecule has 1 amide bonds. The first kappa shape index (κ1) is 32.8. The molecule has 43 heavy (non-hydrogen) atoms. The normalized spacial score (nSPS) is 22.5. The van der Waals surface area contributed by atoms with E-state index in [9.17, 15) is 24.3 Å². The van der Waals surface area contributed by atoms with E-state index >= 15 is 0 Å². The lowest BCUT2D eigenvalue weighted by Gasteiger charge is -2.26. The molecule has 4 atom stereocenters. The highest BCUT2D eigenvalue weighted by molar-refractivity contribution is 5.97. The molecule has 2 heterocycles. The number of phenolic OH excluding ortho intramolecular Hbond substituents is 1. The Hall–Kier alpha value is -3.08. The summed E-state index contributed by atoms with van der Waals surface area (Å²) in [6.45, 7) is 6.57. The molecule has 2 N–H and O–H groups in total. The number of hydrogen-bond acceptors (Lipinski definition) is 9. The van der Waals surface area contributed by atoms with E-state index in [1.54, 1.807) is 26.0 Å². The number of carbonyl (C=O) groups excluding carboxylic acids is 4. The second-order valence-electron chi connectivity index (χ2n) is 12.4. The third-order valence-corrected chi connectivity index (χ3v) is 8.68. The number of Topliss-reactive ketones (excluding diaryl/α,β-unsaturated/α-hetero) is 3. The number of ketones is 3. The maximum atomic E-state index is 13.9. The lowest BCUT2D eigenvalue weighted by Crippen LogP contribution is -2.46. The smallest absolute Gasteiger partial charge is 0.223 e. The van der Waals surface area contributed by atoms with Crippen LogP contribution in [0.2, 0.25) is 0 Å². The number of ether oxygens (including phenoxy) is 3. The highest BCUT2D eigenvalue weighted by Gasteiger charge is 2.50. The number of rotatable bonds is 16. The molecule has 1 aromatic rings. The molecule has 3 aliphatic rings. The zero-order valence-corrected chi connectivity index (χ0v) is 25.7. The number of carbonyl (C=O) groups is 4. The first-order valence-corrected chi connectivity index (χ1v) is 15.4. The van der Waals surface area contributed by atoms with Gasteiger partial charge in [0.1, 0.15) is 11.4 Å². The zero-order valence-electron chi connectivity index (χ0n) is 25.7. The van der Waals surface area contributed by atoms with E-state index in [-0.39, 0.29) is 48.9 Å². The molecular weight excluding hydrogens is 552 g/mol. The Kier molecular flexibility index (Phi) is 11.5. The molecular formula is C33H46N2O8. The topological polar surface area (TPSA) is 135 Å². The number of morpholine rings is 1. The number of amides is 1. The Labute approximate surface area is 254 Å². The van der Waals surface area contributed by atoms with Crippen molar-refractivity contribution in [2.45, 2.75) is 76.9 Å². The fourth-order valence-corrected chi connectivity index (χ4v) is 5.90. The second kappa shape index (κ2) is 15.1. The van der Waals surface area contributed by atoms with Crippen molar-refractivity contribution < 1.29 is 38.5 Å². The van der Waals surface area contributed by atoms with Crippen LogP contribution in [0.4, 0.5) is 0 Å². The largest absolute Gasteiger partial charge is 0.504 e. The Morgan fingerprint density at radius 1 is 1.12 bits per heavy atom. The van der Waals surface area contributed by atoms with E-state index in [2.05, 4.69) is 11.4 Å². The molecule has 0 radical (unpaired) electrons. The summed E-state index contributed by atoms with van der Waals surface area (Å²) in [6, 6.07) is 3.90. The van der Waals surface area contributed by atoms with Gasteiger partial charge in [0.25, 0.3) is 0 Å². The van der Waals surface area contributed by atoms with Gasteiger partial charge in [0.05, 0.1) is 39.5 Å². The number of hydrogen-bond donors (Lipinski definition) is 2. The van der Waals surface area contributed by atoms with Crippen LogP contribution < -0.4 is 10.1 Å². The molecule has 0 bridgehead atoms. The van der Waals surface area contributed by atoms with Gasteiger partial charge in [-0.2, -0.15) is 0 Å². The molecule has 2 fully saturated rings. The number of benzene rings is 1. The fraction of sp³-hybridized carbons (Fsp3) is 0.636. The highest BCUT2D eigenvalue weighted by Crippen LogP contribution is 2.35. The van der Waals surface area contributed by atoms with Crippen LogP contribution in [0.25, 0.3) is 0 Å². The quantitative estimate of drug-likeness (QED) is 0.217. The van der Waals surface area contributed by atoms with Gasteiger partial charge in [-0.15, -0.1) is 0 Å². The maximum Gasteiger partial charge on any atom is 0.223 e. The first-order chi connectivity index (χ1) is 20.6. The second-order valence-corrected chi connectivity index (χ2v) is 12.4. The average molecular weight is 599 g/mol. The number of methoxy groups -OCH3 is 1. The van der Waals surface area contributed by atoms with Crippen LogP contribution in [0.15, 0.2) is 29.8 Å². The van der Waals surface area contributed by atoms with Crippen molar-refractivity contribution in [3.63, 3.8) is 0 Å². The number of nitrogens with zero attached hydrogens (tertiary/aromatic N) is 1. The van der Waals surface area contributed by atoms with Crippen molar-refractivity contribution in [3.05, 3.63) is 35.4 Å². The fourth-order valence-electron chi connectivity index (χ4n) is 5.90. The number of nitrogens with one attached hydrogen (secondary N) is 1. The standard InChI is InChI=1S/C33H46N2O8/c1-22(15-26(36)20-35-11-13-42-14-12-35)32(40)34-27(17-24-9-10-30(41-3)29(38)18-24)28(37)19-25(31(39)33(2)21-43-33)16-23-7-5-4-6-8-23/h7,9-10,18,22,25,27,38H,4-6,8,11-17,19-21H2,1-3H3,(H,34,40). The minimum Gasteiger partial charge on any atom is -0.504 e. The van der Waals surface area contributed by atoms with Crippen molar-refractivity contribution in [2.75, 3.05) is 46.6 Å². The van der Waals surface area contributed by atoms with E-state index in [0.717, 1.165) is 25.7 Å². The van der Waals surface area contributed by atoms with Gasteiger partial charge < -0.3 is 24.6 Å². The predicted octanol–water partition coefficient (Wildman–Crippen LogP) is 3.18. The molecule has 0 aromatic heterocycles. The number of phenols is 1. The van der Waals surface area contributed by atoms with Crippen molar-refractivity contribution in [1.29, 1.82) is 0 Å². The summed E-state index contributed by atoms with van der Waals surface area (Å²) in [4.78, 5) is 55.4. The summed E-state index contributed by atoms with van der Waals surface area (Å²) in [5.74, 6) is -1.77. The van der Waals surface area contributed by atoms with Crippen molar-refractivity contribution >= 4 is 23.3 Å². The molecule has 1 aromatic carbocycles. The summed E-state index contributed by atoms with van der Waals surface area (Å²) in [6.07, 6.45) is 6.89.